The zero-order valence-electron chi connectivity index (χ0n) is 12.9. The number of rotatable bonds is 1. The molecule has 0 aliphatic heterocycles. The molecule has 4 rings (SSSR count). The highest BCUT2D eigenvalue weighted by atomic mass is 35.5. The predicted molar refractivity (Wildman–Crippen MR) is 102 cm³/mol. The summed E-state index contributed by atoms with van der Waals surface area (Å²) in [6, 6.07) is 9.19. The maximum absolute atomic E-state index is 12.8. The first-order valence-corrected chi connectivity index (χ1v) is 8.91. The fourth-order valence-corrected chi connectivity index (χ4v) is 4.16. The van der Waals surface area contributed by atoms with Gasteiger partial charge in [0.05, 0.1) is 15.6 Å². The predicted octanol–water partition coefficient (Wildman–Crippen LogP) is 4.38. The molecular weight excluding hydrogens is 363 g/mol. The molecule has 24 heavy (non-hydrogen) atoms. The van der Waals surface area contributed by atoms with E-state index >= 15 is 0 Å². The molecule has 0 aliphatic rings. The number of fused-ring (bicyclic) bond motifs is 3. The fourth-order valence-electron chi connectivity index (χ4n) is 2.72. The molecular formula is C18H12Cl2N2OS. The van der Waals surface area contributed by atoms with Crippen LogP contribution >= 0.6 is 34.5 Å². The number of imidazole rings is 1. The first kappa shape index (κ1) is 15.6. The standard InChI is InChI=1S/C18H12Cl2N2OS/c1-9-3-6-14-16(10(9)2)21-18-22(14)17(23)15(24-18)7-11-4-5-12(19)8-13(11)20/h3-8H,1-2H3/b15-7-. The van der Waals surface area contributed by atoms with Crippen molar-refractivity contribution in [3.63, 3.8) is 0 Å². The van der Waals surface area contributed by atoms with Crippen molar-refractivity contribution in [3.8, 4) is 0 Å². The van der Waals surface area contributed by atoms with Gasteiger partial charge >= 0.3 is 0 Å². The summed E-state index contributed by atoms with van der Waals surface area (Å²) < 4.78 is 2.27. The van der Waals surface area contributed by atoms with E-state index in [-0.39, 0.29) is 5.56 Å². The van der Waals surface area contributed by atoms with Crippen LogP contribution in [0.3, 0.4) is 0 Å². The van der Waals surface area contributed by atoms with E-state index in [1.54, 1.807) is 28.7 Å². The van der Waals surface area contributed by atoms with Crippen LogP contribution in [-0.2, 0) is 0 Å². The molecule has 0 aliphatic carbocycles. The summed E-state index contributed by atoms with van der Waals surface area (Å²) in [6.07, 6.45) is 1.78. The number of halogens is 2. The van der Waals surface area contributed by atoms with E-state index in [1.807, 2.05) is 26.0 Å². The van der Waals surface area contributed by atoms with Gasteiger partial charge in [-0.15, -0.1) is 0 Å². The third kappa shape index (κ3) is 2.34. The lowest BCUT2D eigenvalue weighted by atomic mass is 10.1. The first-order valence-electron chi connectivity index (χ1n) is 7.33. The second kappa shape index (κ2) is 5.59. The number of hydrogen-bond acceptors (Lipinski definition) is 3. The monoisotopic (exact) mass is 374 g/mol. The summed E-state index contributed by atoms with van der Waals surface area (Å²) in [5.41, 5.74) is 4.69. The van der Waals surface area contributed by atoms with Crippen LogP contribution in [0.15, 0.2) is 35.1 Å². The average Bonchev–Trinajstić information content (AvgIpc) is 3.04. The van der Waals surface area contributed by atoms with Gasteiger partial charge in [-0.2, -0.15) is 0 Å². The molecule has 2 aromatic carbocycles. The Hall–Kier alpha value is -1.88. The number of thiazole rings is 1. The van der Waals surface area contributed by atoms with Crippen LogP contribution in [0.2, 0.25) is 10.0 Å². The molecule has 2 aromatic heterocycles. The van der Waals surface area contributed by atoms with Crippen molar-refractivity contribution in [2.24, 2.45) is 0 Å². The molecule has 0 saturated heterocycles. The highest BCUT2D eigenvalue weighted by Crippen LogP contribution is 2.23. The lowest BCUT2D eigenvalue weighted by Crippen LogP contribution is -2.22. The maximum atomic E-state index is 12.8. The van der Waals surface area contributed by atoms with Crippen molar-refractivity contribution in [1.82, 2.24) is 9.38 Å². The number of aromatic nitrogens is 2. The quantitative estimate of drug-likeness (QED) is 0.495. The van der Waals surface area contributed by atoms with Gasteiger partial charge in [0.15, 0.2) is 4.96 Å². The smallest absolute Gasteiger partial charge is 0.267 e. The summed E-state index contributed by atoms with van der Waals surface area (Å²) in [4.78, 5) is 18.2. The zero-order valence-corrected chi connectivity index (χ0v) is 15.3. The molecule has 0 amide bonds. The van der Waals surface area contributed by atoms with Crippen molar-refractivity contribution in [3.05, 3.63) is 72.0 Å². The molecule has 3 nitrogen and oxygen atoms in total. The molecule has 2 heterocycles. The van der Waals surface area contributed by atoms with Crippen molar-refractivity contribution < 1.29 is 0 Å². The van der Waals surface area contributed by atoms with Crippen LogP contribution in [0, 0.1) is 13.8 Å². The third-order valence-electron chi connectivity index (χ3n) is 4.18. The summed E-state index contributed by atoms with van der Waals surface area (Å²) in [5, 5.41) is 1.08. The average molecular weight is 375 g/mol. The molecule has 0 bridgehead atoms. The second-order valence-electron chi connectivity index (χ2n) is 5.69. The van der Waals surface area contributed by atoms with E-state index in [0.29, 0.717) is 19.5 Å². The van der Waals surface area contributed by atoms with E-state index in [1.165, 1.54) is 16.9 Å². The zero-order chi connectivity index (χ0) is 17.0. The Bertz CT molecular complexity index is 1220. The van der Waals surface area contributed by atoms with Crippen LogP contribution in [0.25, 0.3) is 22.1 Å². The van der Waals surface area contributed by atoms with Gasteiger partial charge in [0.25, 0.3) is 5.56 Å². The van der Waals surface area contributed by atoms with Gasteiger partial charge in [0.1, 0.15) is 0 Å². The van der Waals surface area contributed by atoms with Crippen LogP contribution in [0.4, 0.5) is 0 Å². The Kier molecular flexibility index (Phi) is 3.64. The number of hydrogen-bond donors (Lipinski definition) is 0. The Morgan fingerprint density at radius 1 is 1.17 bits per heavy atom. The number of aryl methyl sites for hydroxylation is 2. The lowest BCUT2D eigenvalue weighted by molar-refractivity contribution is 1.19. The Morgan fingerprint density at radius 3 is 2.71 bits per heavy atom. The second-order valence-corrected chi connectivity index (χ2v) is 7.54. The molecule has 0 spiro atoms. The maximum Gasteiger partial charge on any atom is 0.274 e. The lowest BCUT2D eigenvalue weighted by Gasteiger charge is -1.99. The van der Waals surface area contributed by atoms with Gasteiger partial charge in [-0.05, 0) is 54.8 Å². The van der Waals surface area contributed by atoms with Crippen molar-refractivity contribution >= 4 is 56.6 Å². The fraction of sp³-hybridized carbons (Fsp3) is 0.111. The molecule has 0 N–H and O–H groups in total. The van der Waals surface area contributed by atoms with Crippen LogP contribution < -0.4 is 10.1 Å². The molecule has 0 unspecified atom stereocenters. The molecule has 0 atom stereocenters. The van der Waals surface area contributed by atoms with Crippen LogP contribution in [-0.4, -0.2) is 9.38 Å². The van der Waals surface area contributed by atoms with Crippen molar-refractivity contribution in [2.45, 2.75) is 13.8 Å². The van der Waals surface area contributed by atoms with Crippen molar-refractivity contribution in [1.29, 1.82) is 0 Å². The van der Waals surface area contributed by atoms with Gasteiger partial charge in [0, 0.05) is 10.0 Å². The minimum absolute atomic E-state index is 0.0771. The van der Waals surface area contributed by atoms with E-state index in [4.69, 9.17) is 23.2 Å². The Morgan fingerprint density at radius 2 is 1.96 bits per heavy atom. The van der Waals surface area contributed by atoms with Crippen LogP contribution in [0.5, 0.6) is 0 Å². The topological polar surface area (TPSA) is 34.4 Å². The normalized spacial score (nSPS) is 12.6. The summed E-state index contributed by atoms with van der Waals surface area (Å²) in [7, 11) is 0. The van der Waals surface area contributed by atoms with Gasteiger partial charge in [-0.1, -0.05) is 46.7 Å². The molecule has 120 valence electrons. The van der Waals surface area contributed by atoms with Gasteiger partial charge in [0.2, 0.25) is 0 Å². The van der Waals surface area contributed by atoms with E-state index in [0.717, 1.165) is 22.2 Å². The number of benzene rings is 2. The third-order valence-corrected chi connectivity index (χ3v) is 5.72. The summed E-state index contributed by atoms with van der Waals surface area (Å²) >= 11 is 13.5. The van der Waals surface area contributed by atoms with Crippen LogP contribution in [0.1, 0.15) is 16.7 Å². The SMILES string of the molecule is Cc1ccc2c(nc3s/c(=C\c4ccc(Cl)cc4Cl)c(=O)n32)c1C. The summed E-state index contributed by atoms with van der Waals surface area (Å²) in [5.74, 6) is 0. The Balaban J connectivity index is 2.02. The summed E-state index contributed by atoms with van der Waals surface area (Å²) in [6.45, 7) is 4.07. The largest absolute Gasteiger partial charge is 0.274 e. The van der Waals surface area contributed by atoms with Gasteiger partial charge < -0.3 is 0 Å². The highest BCUT2D eigenvalue weighted by Gasteiger charge is 2.13. The van der Waals surface area contributed by atoms with E-state index in [2.05, 4.69) is 4.98 Å². The minimum atomic E-state index is -0.0771. The first-order chi connectivity index (χ1) is 11.5. The minimum Gasteiger partial charge on any atom is -0.267 e. The molecule has 0 radical (unpaired) electrons. The molecule has 4 aromatic rings. The van der Waals surface area contributed by atoms with E-state index < -0.39 is 0 Å². The van der Waals surface area contributed by atoms with Crippen molar-refractivity contribution in [2.75, 3.05) is 0 Å². The molecule has 0 saturated carbocycles. The number of nitrogens with zero attached hydrogens (tertiary/aromatic N) is 2. The molecule has 6 heteroatoms. The van der Waals surface area contributed by atoms with Gasteiger partial charge in [-0.25, -0.2) is 9.38 Å². The van der Waals surface area contributed by atoms with E-state index in [9.17, 15) is 4.79 Å². The molecule has 0 fully saturated rings. The Labute approximate surface area is 151 Å². The van der Waals surface area contributed by atoms with Gasteiger partial charge in [-0.3, -0.25) is 4.79 Å². The highest BCUT2D eigenvalue weighted by molar-refractivity contribution is 7.15.